The highest BCUT2D eigenvalue weighted by molar-refractivity contribution is 14.1. The summed E-state index contributed by atoms with van der Waals surface area (Å²) in [5.41, 5.74) is 2.01. The van der Waals surface area contributed by atoms with Crippen LogP contribution in [0.15, 0.2) is 18.2 Å². The van der Waals surface area contributed by atoms with Crippen molar-refractivity contribution in [3.05, 3.63) is 27.3 Å². The maximum atomic E-state index is 11.5. The van der Waals surface area contributed by atoms with Crippen molar-refractivity contribution >= 4 is 34.2 Å². The van der Waals surface area contributed by atoms with Crippen LogP contribution >= 0.6 is 22.6 Å². The summed E-state index contributed by atoms with van der Waals surface area (Å²) < 4.78 is 6.06. The molecule has 0 radical (unpaired) electrons. The average Bonchev–Trinajstić information content (AvgIpc) is 2.22. The minimum atomic E-state index is -0.427. The molecule has 0 fully saturated rings. The molecule has 0 bridgehead atoms. The van der Waals surface area contributed by atoms with Crippen molar-refractivity contribution in [2.45, 2.75) is 20.0 Å². The molecule has 0 aliphatic heterocycles. The quantitative estimate of drug-likeness (QED) is 0.870. The summed E-state index contributed by atoms with van der Waals surface area (Å²) >= 11 is 2.24. The Kier molecular flexibility index (Phi) is 4.53. The fourth-order valence-corrected chi connectivity index (χ4v) is 1.54. The first-order valence-corrected chi connectivity index (χ1v) is 5.72. The van der Waals surface area contributed by atoms with Gasteiger partial charge in [-0.1, -0.05) is 6.07 Å². The highest BCUT2D eigenvalue weighted by Gasteiger charge is 2.11. The Labute approximate surface area is 103 Å². The number of methoxy groups -OCH3 is 1. The molecule has 0 aromatic heterocycles. The Morgan fingerprint density at radius 2 is 2.20 bits per heavy atom. The van der Waals surface area contributed by atoms with Gasteiger partial charge in [-0.15, -0.1) is 0 Å². The van der Waals surface area contributed by atoms with Crippen LogP contribution in [0.4, 0.5) is 5.69 Å². The molecule has 15 heavy (non-hydrogen) atoms. The van der Waals surface area contributed by atoms with Gasteiger partial charge in [-0.05, 0) is 54.1 Å². The van der Waals surface area contributed by atoms with Gasteiger partial charge in [-0.2, -0.15) is 0 Å². The molecule has 0 spiro atoms. The van der Waals surface area contributed by atoms with Crippen molar-refractivity contribution in [2.24, 2.45) is 0 Å². The standard InChI is InChI=1S/C11H14INO2/c1-7-4-5-9(6-10(7)12)13-11(14)8(2)15-3/h4-6,8H,1-3H3,(H,13,14). The van der Waals surface area contributed by atoms with Crippen LogP contribution < -0.4 is 5.32 Å². The van der Waals surface area contributed by atoms with Crippen LogP contribution in [0.1, 0.15) is 12.5 Å². The summed E-state index contributed by atoms with van der Waals surface area (Å²) in [6.07, 6.45) is -0.427. The van der Waals surface area contributed by atoms with E-state index in [1.54, 1.807) is 6.92 Å². The number of hydrogen-bond donors (Lipinski definition) is 1. The maximum absolute atomic E-state index is 11.5. The van der Waals surface area contributed by atoms with E-state index in [0.29, 0.717) is 0 Å². The van der Waals surface area contributed by atoms with Crippen LogP contribution in [0.5, 0.6) is 0 Å². The lowest BCUT2D eigenvalue weighted by Gasteiger charge is -2.11. The zero-order chi connectivity index (χ0) is 11.4. The lowest BCUT2D eigenvalue weighted by molar-refractivity contribution is -0.124. The van der Waals surface area contributed by atoms with Gasteiger partial charge in [0.25, 0.3) is 5.91 Å². The van der Waals surface area contributed by atoms with E-state index in [9.17, 15) is 4.79 Å². The zero-order valence-electron chi connectivity index (χ0n) is 9.00. The molecule has 1 amide bonds. The first-order valence-electron chi connectivity index (χ1n) is 4.64. The Hall–Kier alpha value is -0.620. The van der Waals surface area contributed by atoms with E-state index in [2.05, 4.69) is 27.9 Å². The first-order chi connectivity index (χ1) is 7.04. The van der Waals surface area contributed by atoms with E-state index in [0.717, 1.165) is 9.26 Å². The molecule has 0 aliphatic carbocycles. The Bertz CT molecular complexity index is 366. The number of halogens is 1. The minimum absolute atomic E-state index is 0.128. The molecule has 4 heteroatoms. The molecule has 1 aromatic rings. The maximum Gasteiger partial charge on any atom is 0.253 e. The molecule has 1 N–H and O–H groups in total. The number of hydrogen-bond acceptors (Lipinski definition) is 2. The van der Waals surface area contributed by atoms with E-state index in [-0.39, 0.29) is 5.91 Å². The molecular weight excluding hydrogens is 305 g/mol. The fraction of sp³-hybridized carbons (Fsp3) is 0.364. The topological polar surface area (TPSA) is 38.3 Å². The molecule has 3 nitrogen and oxygen atoms in total. The third kappa shape index (κ3) is 3.46. The molecule has 0 heterocycles. The molecule has 1 atom stereocenters. The molecule has 0 saturated heterocycles. The zero-order valence-corrected chi connectivity index (χ0v) is 11.2. The molecule has 82 valence electrons. The monoisotopic (exact) mass is 319 g/mol. The van der Waals surface area contributed by atoms with Gasteiger partial charge < -0.3 is 10.1 Å². The van der Waals surface area contributed by atoms with Crippen LogP contribution in [-0.4, -0.2) is 19.1 Å². The number of amides is 1. The second-order valence-corrected chi connectivity index (χ2v) is 4.49. The van der Waals surface area contributed by atoms with Crippen molar-refractivity contribution in [1.29, 1.82) is 0 Å². The molecule has 1 aromatic carbocycles. The summed E-state index contributed by atoms with van der Waals surface area (Å²) in [6, 6.07) is 5.81. The number of ether oxygens (including phenoxy) is 1. The average molecular weight is 319 g/mol. The van der Waals surface area contributed by atoms with Gasteiger partial charge in [0.05, 0.1) is 0 Å². The SMILES string of the molecule is COC(C)C(=O)Nc1ccc(C)c(I)c1. The van der Waals surface area contributed by atoms with Crippen LogP contribution in [-0.2, 0) is 9.53 Å². The fourth-order valence-electron chi connectivity index (χ4n) is 1.02. The van der Waals surface area contributed by atoms with Crippen molar-refractivity contribution < 1.29 is 9.53 Å². The Balaban J connectivity index is 2.73. The number of aryl methyl sites for hydroxylation is 1. The van der Waals surface area contributed by atoms with Gasteiger partial charge in [0.2, 0.25) is 0 Å². The van der Waals surface area contributed by atoms with Gasteiger partial charge in [0.1, 0.15) is 6.10 Å². The highest BCUT2D eigenvalue weighted by atomic mass is 127. The van der Waals surface area contributed by atoms with Crippen molar-refractivity contribution in [2.75, 3.05) is 12.4 Å². The third-order valence-corrected chi connectivity index (χ3v) is 3.32. The Morgan fingerprint density at radius 1 is 1.53 bits per heavy atom. The van der Waals surface area contributed by atoms with E-state index in [4.69, 9.17) is 4.74 Å². The molecule has 1 rings (SSSR count). The predicted molar refractivity (Wildman–Crippen MR) is 69.0 cm³/mol. The predicted octanol–water partition coefficient (Wildman–Crippen LogP) is 2.57. The molecule has 0 saturated carbocycles. The van der Waals surface area contributed by atoms with Crippen LogP contribution in [0, 0.1) is 10.5 Å². The third-order valence-electron chi connectivity index (χ3n) is 2.16. The number of nitrogens with one attached hydrogen (secondary N) is 1. The van der Waals surface area contributed by atoms with Crippen molar-refractivity contribution in [3.63, 3.8) is 0 Å². The minimum Gasteiger partial charge on any atom is -0.372 e. The van der Waals surface area contributed by atoms with Crippen molar-refractivity contribution in [3.8, 4) is 0 Å². The number of benzene rings is 1. The van der Waals surface area contributed by atoms with Crippen LogP contribution in [0.3, 0.4) is 0 Å². The Morgan fingerprint density at radius 3 is 2.73 bits per heavy atom. The number of carbonyl (C=O) groups excluding carboxylic acids is 1. The van der Waals surface area contributed by atoms with Crippen LogP contribution in [0.2, 0.25) is 0 Å². The largest absolute Gasteiger partial charge is 0.372 e. The van der Waals surface area contributed by atoms with E-state index >= 15 is 0 Å². The number of anilines is 1. The first kappa shape index (κ1) is 12.4. The molecule has 1 unspecified atom stereocenters. The lowest BCUT2D eigenvalue weighted by Crippen LogP contribution is -2.26. The van der Waals surface area contributed by atoms with E-state index in [1.807, 2.05) is 25.1 Å². The lowest BCUT2D eigenvalue weighted by atomic mass is 10.2. The normalized spacial score (nSPS) is 12.3. The van der Waals surface area contributed by atoms with Gasteiger partial charge in [0.15, 0.2) is 0 Å². The van der Waals surface area contributed by atoms with Gasteiger partial charge >= 0.3 is 0 Å². The molecule has 0 aliphatic rings. The smallest absolute Gasteiger partial charge is 0.253 e. The molecular formula is C11H14INO2. The highest BCUT2D eigenvalue weighted by Crippen LogP contribution is 2.17. The van der Waals surface area contributed by atoms with Crippen molar-refractivity contribution in [1.82, 2.24) is 0 Å². The summed E-state index contributed by atoms with van der Waals surface area (Å²) in [5.74, 6) is -0.128. The van der Waals surface area contributed by atoms with Gasteiger partial charge in [0, 0.05) is 16.4 Å². The second-order valence-electron chi connectivity index (χ2n) is 3.33. The van der Waals surface area contributed by atoms with E-state index in [1.165, 1.54) is 12.7 Å². The summed E-state index contributed by atoms with van der Waals surface area (Å²) in [7, 11) is 1.52. The summed E-state index contributed by atoms with van der Waals surface area (Å²) in [4.78, 5) is 11.5. The second kappa shape index (κ2) is 5.46. The van der Waals surface area contributed by atoms with Crippen LogP contribution in [0.25, 0.3) is 0 Å². The van der Waals surface area contributed by atoms with Gasteiger partial charge in [-0.25, -0.2) is 0 Å². The van der Waals surface area contributed by atoms with Gasteiger partial charge in [-0.3, -0.25) is 4.79 Å². The summed E-state index contributed by atoms with van der Waals surface area (Å²) in [5, 5.41) is 2.79. The van der Waals surface area contributed by atoms with E-state index < -0.39 is 6.10 Å². The number of carbonyl (C=O) groups is 1. The summed E-state index contributed by atoms with van der Waals surface area (Å²) in [6.45, 7) is 3.75. The number of rotatable bonds is 3.